The van der Waals surface area contributed by atoms with E-state index < -0.39 is 16.8 Å². The summed E-state index contributed by atoms with van der Waals surface area (Å²) >= 11 is 0. The second-order valence-electron chi connectivity index (χ2n) is 4.05. The Labute approximate surface area is 117 Å². The smallest absolute Gasteiger partial charge is 0.371 e. The molecule has 2 rings (SSSR count). The number of aromatic nitrogens is 1. The van der Waals surface area contributed by atoms with Crippen molar-refractivity contribution in [1.82, 2.24) is 4.98 Å². The Kier molecular flexibility index (Phi) is 4.19. The molecule has 0 amide bonds. The molecule has 0 saturated carbocycles. The number of carbonyl (C=O) groups is 1. The molecule has 7 heteroatoms. The summed E-state index contributed by atoms with van der Waals surface area (Å²) in [6.45, 7) is 1.81. The molecule has 0 saturated heterocycles. The minimum atomic E-state index is -1.50. The zero-order valence-corrected chi connectivity index (χ0v) is 11.8. The molecule has 0 fully saturated rings. The lowest BCUT2D eigenvalue weighted by atomic mass is 10.3. The van der Waals surface area contributed by atoms with Crippen molar-refractivity contribution in [2.45, 2.75) is 17.8 Å². The van der Waals surface area contributed by atoms with E-state index in [0.29, 0.717) is 11.4 Å². The van der Waals surface area contributed by atoms with Gasteiger partial charge < -0.3 is 14.3 Å². The maximum atomic E-state index is 12.1. The van der Waals surface area contributed by atoms with Gasteiger partial charge in [0, 0.05) is 17.8 Å². The summed E-state index contributed by atoms with van der Waals surface area (Å²) in [5.74, 6) is -0.660. The quantitative estimate of drug-likeness (QED) is 0.907. The van der Waals surface area contributed by atoms with E-state index in [4.69, 9.17) is 14.3 Å². The third-order valence-electron chi connectivity index (χ3n) is 2.51. The molecule has 0 aliphatic rings. The van der Waals surface area contributed by atoms with Crippen LogP contribution in [0.15, 0.2) is 33.8 Å². The molecule has 106 valence electrons. The molecule has 0 aromatic carbocycles. The molecule has 0 bridgehead atoms. The van der Waals surface area contributed by atoms with Crippen LogP contribution in [0.1, 0.15) is 21.9 Å². The first kappa shape index (κ1) is 14.3. The Balaban J connectivity index is 2.18. The Bertz CT molecular complexity index is 665. The van der Waals surface area contributed by atoms with Crippen LogP contribution in [-0.4, -0.2) is 27.4 Å². The van der Waals surface area contributed by atoms with E-state index >= 15 is 0 Å². The van der Waals surface area contributed by atoms with Gasteiger partial charge in [-0.2, -0.15) is 0 Å². The van der Waals surface area contributed by atoms with Crippen molar-refractivity contribution < 1.29 is 23.3 Å². The Morgan fingerprint density at radius 2 is 2.20 bits per heavy atom. The van der Waals surface area contributed by atoms with E-state index in [9.17, 15) is 9.00 Å². The summed E-state index contributed by atoms with van der Waals surface area (Å²) in [6, 6.07) is 6.13. The van der Waals surface area contributed by atoms with Crippen LogP contribution in [0.3, 0.4) is 0 Å². The number of methoxy groups -OCH3 is 1. The number of ether oxygens (including phenoxy) is 1. The molecule has 1 N–H and O–H groups in total. The first-order chi connectivity index (χ1) is 9.49. The maximum absolute atomic E-state index is 12.1. The van der Waals surface area contributed by atoms with Gasteiger partial charge in [-0.15, -0.1) is 0 Å². The average molecular weight is 295 g/mol. The molecule has 2 aromatic heterocycles. The van der Waals surface area contributed by atoms with Gasteiger partial charge in [-0.05, 0) is 19.1 Å². The van der Waals surface area contributed by atoms with Gasteiger partial charge >= 0.3 is 5.97 Å². The normalized spacial score (nSPS) is 12.1. The van der Waals surface area contributed by atoms with Crippen LogP contribution < -0.4 is 4.74 Å². The maximum Gasteiger partial charge on any atom is 0.371 e. The van der Waals surface area contributed by atoms with Gasteiger partial charge in [0.2, 0.25) is 5.76 Å². The lowest BCUT2D eigenvalue weighted by molar-refractivity contribution is 0.0656. The van der Waals surface area contributed by atoms with Gasteiger partial charge in [0.1, 0.15) is 5.75 Å². The van der Waals surface area contributed by atoms with E-state index in [1.807, 2.05) is 6.92 Å². The molecule has 0 spiro atoms. The molecule has 0 aliphatic heterocycles. The fraction of sp³-hybridized carbons (Fsp3) is 0.231. The molecular formula is C13H13NO5S. The van der Waals surface area contributed by atoms with Crippen molar-refractivity contribution in [2.75, 3.05) is 7.11 Å². The second-order valence-corrected chi connectivity index (χ2v) is 5.44. The molecule has 2 aromatic rings. The van der Waals surface area contributed by atoms with Gasteiger partial charge in [0.05, 0.1) is 29.4 Å². The summed E-state index contributed by atoms with van der Waals surface area (Å²) in [5, 5.41) is 8.87. The van der Waals surface area contributed by atoms with E-state index in [1.165, 1.54) is 12.1 Å². The van der Waals surface area contributed by atoms with Gasteiger partial charge in [-0.3, -0.25) is 9.19 Å². The van der Waals surface area contributed by atoms with Crippen LogP contribution in [0.5, 0.6) is 5.75 Å². The number of nitrogens with zero attached hydrogens (tertiary/aromatic N) is 1. The molecule has 20 heavy (non-hydrogen) atoms. The topological polar surface area (TPSA) is 89.6 Å². The van der Waals surface area contributed by atoms with Crippen LogP contribution in [0.2, 0.25) is 0 Å². The number of hydrogen-bond donors (Lipinski definition) is 1. The number of furan rings is 1. The van der Waals surface area contributed by atoms with E-state index in [2.05, 4.69) is 4.98 Å². The molecule has 1 unspecified atom stereocenters. The fourth-order valence-electron chi connectivity index (χ4n) is 1.66. The molecule has 1 atom stereocenters. The highest BCUT2D eigenvalue weighted by Gasteiger charge is 2.15. The van der Waals surface area contributed by atoms with E-state index in [-0.39, 0.29) is 16.6 Å². The van der Waals surface area contributed by atoms with E-state index in [0.717, 1.165) is 5.69 Å². The van der Waals surface area contributed by atoms with Crippen LogP contribution >= 0.6 is 0 Å². The third-order valence-corrected chi connectivity index (χ3v) is 3.74. The van der Waals surface area contributed by atoms with Gasteiger partial charge in [-0.25, -0.2) is 4.79 Å². The number of aryl methyl sites for hydroxylation is 1. The van der Waals surface area contributed by atoms with Crippen molar-refractivity contribution >= 4 is 16.8 Å². The highest BCUT2D eigenvalue weighted by Crippen LogP contribution is 2.18. The minimum Gasteiger partial charge on any atom is -0.497 e. The molecule has 0 aliphatic carbocycles. The highest BCUT2D eigenvalue weighted by molar-refractivity contribution is 7.84. The summed E-state index contributed by atoms with van der Waals surface area (Å²) in [7, 11) is 0.0462. The number of hydrogen-bond acceptors (Lipinski definition) is 5. The van der Waals surface area contributed by atoms with Crippen molar-refractivity contribution in [3.05, 3.63) is 41.4 Å². The first-order valence-electron chi connectivity index (χ1n) is 5.72. The zero-order chi connectivity index (χ0) is 14.7. The minimum absolute atomic E-state index is 0.115. The first-order valence-corrected chi connectivity index (χ1v) is 7.04. The van der Waals surface area contributed by atoms with Crippen molar-refractivity contribution in [1.29, 1.82) is 0 Å². The van der Waals surface area contributed by atoms with Crippen LogP contribution in [0.25, 0.3) is 0 Å². The Morgan fingerprint density at radius 3 is 2.80 bits per heavy atom. The van der Waals surface area contributed by atoms with Gasteiger partial charge in [0.15, 0.2) is 5.09 Å². The third kappa shape index (κ3) is 3.24. The van der Waals surface area contributed by atoms with Crippen LogP contribution in [-0.2, 0) is 16.6 Å². The average Bonchev–Trinajstić information content (AvgIpc) is 2.87. The summed E-state index contributed by atoms with van der Waals surface area (Å²) < 4.78 is 22.2. The van der Waals surface area contributed by atoms with Crippen molar-refractivity contribution in [3.63, 3.8) is 0 Å². The van der Waals surface area contributed by atoms with Gasteiger partial charge in [-0.1, -0.05) is 0 Å². The number of pyridine rings is 1. The number of rotatable bonds is 5. The molecule has 0 radical (unpaired) electrons. The predicted octanol–water partition coefficient (Wildman–Crippen LogP) is 2.00. The number of carboxylic acids is 1. The Hall–Kier alpha value is -2.15. The lowest BCUT2D eigenvalue weighted by Gasteiger charge is -2.05. The second kappa shape index (κ2) is 5.87. The van der Waals surface area contributed by atoms with Gasteiger partial charge in [0.25, 0.3) is 0 Å². The monoisotopic (exact) mass is 295 g/mol. The van der Waals surface area contributed by atoms with Crippen LogP contribution in [0, 0.1) is 6.92 Å². The largest absolute Gasteiger partial charge is 0.497 e. The van der Waals surface area contributed by atoms with Crippen molar-refractivity contribution in [2.24, 2.45) is 0 Å². The Morgan fingerprint density at radius 1 is 1.45 bits per heavy atom. The summed E-state index contributed by atoms with van der Waals surface area (Å²) in [5.41, 5.74) is 1.34. The number of aromatic carboxylic acids is 1. The zero-order valence-electron chi connectivity index (χ0n) is 11.0. The molecular weight excluding hydrogens is 282 g/mol. The standard InChI is InChI=1S/C13H13NO5S/c1-8-5-10(18-2)6-9(14-8)7-20(17)12-4-3-11(19-12)13(15)16/h3-6H,7H2,1-2H3,(H,15,16). The highest BCUT2D eigenvalue weighted by atomic mass is 32.2. The summed E-state index contributed by atoms with van der Waals surface area (Å²) in [6.07, 6.45) is 0. The fourth-order valence-corrected chi connectivity index (χ4v) is 2.62. The van der Waals surface area contributed by atoms with E-state index in [1.54, 1.807) is 19.2 Å². The summed E-state index contributed by atoms with van der Waals surface area (Å²) in [4.78, 5) is 15.0. The molecule has 2 heterocycles. The molecule has 6 nitrogen and oxygen atoms in total. The SMILES string of the molecule is COc1cc(C)nc(CS(=O)c2ccc(C(=O)O)o2)c1. The predicted molar refractivity (Wildman–Crippen MR) is 71.3 cm³/mol. The van der Waals surface area contributed by atoms with Crippen LogP contribution in [0.4, 0.5) is 0 Å². The lowest BCUT2D eigenvalue weighted by Crippen LogP contribution is -2.00. The van der Waals surface area contributed by atoms with Crippen molar-refractivity contribution in [3.8, 4) is 5.75 Å². The number of carboxylic acid groups (broad SMARTS) is 1.